The minimum absolute atomic E-state index is 0. The van der Waals surface area contributed by atoms with E-state index in [1.807, 2.05) is 30.5 Å². The monoisotopic (exact) mass is 403 g/mol. The Hall–Kier alpha value is -1.34. The molecule has 138 valence electrons. The average Bonchev–Trinajstić information content (AvgIpc) is 3.00. The summed E-state index contributed by atoms with van der Waals surface area (Å²) >= 11 is 1.61. The maximum Gasteiger partial charge on any atom is 0.251 e. The smallest absolute Gasteiger partial charge is 0.251 e. The lowest BCUT2D eigenvalue weighted by atomic mass is 10.1. The number of carbonyl (C=O) groups is 1. The lowest BCUT2D eigenvalue weighted by Crippen LogP contribution is -2.45. The third-order valence-electron chi connectivity index (χ3n) is 3.78. The molecule has 1 fully saturated rings. The Labute approximate surface area is 164 Å². The highest BCUT2D eigenvalue weighted by atomic mass is 35.5. The number of hydrogen-bond acceptors (Lipinski definition) is 5. The zero-order valence-corrected chi connectivity index (χ0v) is 16.4. The largest absolute Gasteiger partial charge is 0.487 e. The van der Waals surface area contributed by atoms with Gasteiger partial charge in [0, 0.05) is 23.5 Å². The molecule has 25 heavy (non-hydrogen) atoms. The minimum Gasteiger partial charge on any atom is -0.487 e. The van der Waals surface area contributed by atoms with Gasteiger partial charge in [-0.05, 0) is 44.5 Å². The zero-order valence-electron chi connectivity index (χ0n) is 14.0. The Bertz CT molecular complexity index is 675. The Morgan fingerprint density at radius 1 is 1.44 bits per heavy atom. The number of carbonyl (C=O) groups excluding carboxylic acids is 1. The Kier molecular flexibility index (Phi) is 9.21. The van der Waals surface area contributed by atoms with Gasteiger partial charge in [0.15, 0.2) is 0 Å². The Morgan fingerprint density at radius 3 is 2.96 bits per heavy atom. The van der Waals surface area contributed by atoms with E-state index in [2.05, 4.69) is 15.6 Å². The van der Waals surface area contributed by atoms with Gasteiger partial charge in [-0.15, -0.1) is 36.2 Å². The molecule has 2 aromatic rings. The highest BCUT2D eigenvalue weighted by molar-refractivity contribution is 7.09. The second-order valence-electron chi connectivity index (χ2n) is 5.69. The van der Waals surface area contributed by atoms with E-state index in [1.54, 1.807) is 17.4 Å². The summed E-state index contributed by atoms with van der Waals surface area (Å²) in [6.45, 7) is 4.26. The van der Waals surface area contributed by atoms with Crippen LogP contribution >= 0.6 is 36.2 Å². The minimum atomic E-state index is -0.0475. The first-order valence-electron chi connectivity index (χ1n) is 7.86. The van der Waals surface area contributed by atoms with Crippen LogP contribution in [-0.2, 0) is 6.61 Å². The van der Waals surface area contributed by atoms with Gasteiger partial charge in [0.2, 0.25) is 0 Å². The van der Waals surface area contributed by atoms with Gasteiger partial charge >= 0.3 is 0 Å². The van der Waals surface area contributed by atoms with Crippen LogP contribution in [0.4, 0.5) is 0 Å². The molecule has 2 N–H and O–H groups in total. The molecule has 5 nitrogen and oxygen atoms in total. The first kappa shape index (κ1) is 21.7. The first-order valence-corrected chi connectivity index (χ1v) is 8.74. The second-order valence-corrected chi connectivity index (χ2v) is 6.75. The third kappa shape index (κ3) is 6.47. The van der Waals surface area contributed by atoms with E-state index in [0.717, 1.165) is 36.6 Å². The van der Waals surface area contributed by atoms with Gasteiger partial charge in [-0.1, -0.05) is 6.07 Å². The molecule has 1 atom stereocenters. The number of halogens is 2. The van der Waals surface area contributed by atoms with Gasteiger partial charge in [0.1, 0.15) is 12.4 Å². The van der Waals surface area contributed by atoms with E-state index in [0.29, 0.717) is 17.9 Å². The van der Waals surface area contributed by atoms with Crippen LogP contribution in [-0.4, -0.2) is 30.0 Å². The van der Waals surface area contributed by atoms with Crippen molar-refractivity contribution in [3.8, 4) is 5.75 Å². The van der Waals surface area contributed by atoms with Crippen LogP contribution in [0.25, 0.3) is 0 Å². The van der Waals surface area contributed by atoms with Gasteiger partial charge in [0.05, 0.1) is 10.7 Å². The van der Waals surface area contributed by atoms with Gasteiger partial charge in [0.25, 0.3) is 5.91 Å². The van der Waals surface area contributed by atoms with Crippen molar-refractivity contribution in [2.45, 2.75) is 32.4 Å². The Balaban J connectivity index is 0.00000156. The van der Waals surface area contributed by atoms with Crippen molar-refractivity contribution in [2.75, 3.05) is 13.1 Å². The number of benzene rings is 1. The zero-order chi connectivity index (χ0) is 16.1. The standard InChI is InChI=1S/C17H21N3O2S.2ClH/c1-12-19-15(11-23-12)10-22-16-6-2-4-13(8-16)17(21)20-14-5-3-7-18-9-14;;/h2,4,6,8,11,14,18H,3,5,7,9-10H2,1H3,(H,20,21);2*1H. The number of nitrogens with zero attached hydrogens (tertiary/aromatic N) is 1. The van der Waals surface area contributed by atoms with Gasteiger partial charge in [-0.2, -0.15) is 0 Å². The maximum atomic E-state index is 12.3. The van der Waals surface area contributed by atoms with Crippen LogP contribution in [0.1, 0.15) is 33.9 Å². The van der Waals surface area contributed by atoms with Crippen molar-refractivity contribution in [1.29, 1.82) is 0 Å². The van der Waals surface area contributed by atoms with Crippen LogP contribution in [0.2, 0.25) is 0 Å². The molecule has 2 heterocycles. The van der Waals surface area contributed by atoms with Crippen LogP contribution in [0.15, 0.2) is 29.6 Å². The molecule has 1 aliphatic rings. The van der Waals surface area contributed by atoms with Crippen molar-refractivity contribution in [3.63, 3.8) is 0 Å². The predicted octanol–water partition coefficient (Wildman–Crippen LogP) is 3.36. The summed E-state index contributed by atoms with van der Waals surface area (Å²) in [5.41, 5.74) is 1.54. The van der Waals surface area contributed by atoms with Crippen molar-refractivity contribution >= 4 is 42.1 Å². The molecule has 1 saturated heterocycles. The van der Waals surface area contributed by atoms with E-state index >= 15 is 0 Å². The molecule has 0 radical (unpaired) electrons. The molecular formula is C17H23Cl2N3O2S. The third-order valence-corrected chi connectivity index (χ3v) is 4.60. The van der Waals surface area contributed by atoms with Gasteiger partial charge in [-0.25, -0.2) is 4.98 Å². The fourth-order valence-electron chi connectivity index (χ4n) is 2.60. The van der Waals surface area contributed by atoms with Crippen molar-refractivity contribution in [1.82, 2.24) is 15.6 Å². The molecule has 1 amide bonds. The first-order chi connectivity index (χ1) is 11.2. The molecule has 1 aromatic heterocycles. The topological polar surface area (TPSA) is 63.2 Å². The summed E-state index contributed by atoms with van der Waals surface area (Å²) in [5.74, 6) is 0.638. The number of amides is 1. The van der Waals surface area contributed by atoms with Crippen LogP contribution in [0.5, 0.6) is 5.75 Å². The number of piperidine rings is 1. The number of aromatic nitrogens is 1. The van der Waals surface area contributed by atoms with Crippen LogP contribution < -0.4 is 15.4 Å². The van der Waals surface area contributed by atoms with E-state index in [-0.39, 0.29) is 36.8 Å². The van der Waals surface area contributed by atoms with Crippen LogP contribution in [0.3, 0.4) is 0 Å². The van der Waals surface area contributed by atoms with Crippen LogP contribution in [0, 0.1) is 6.92 Å². The van der Waals surface area contributed by atoms with Gasteiger partial charge in [-0.3, -0.25) is 4.79 Å². The molecule has 1 aliphatic heterocycles. The average molecular weight is 404 g/mol. The summed E-state index contributed by atoms with van der Waals surface area (Å²) in [6.07, 6.45) is 2.12. The highest BCUT2D eigenvalue weighted by Gasteiger charge is 2.16. The highest BCUT2D eigenvalue weighted by Crippen LogP contribution is 2.16. The summed E-state index contributed by atoms with van der Waals surface area (Å²) in [4.78, 5) is 16.7. The quantitative estimate of drug-likeness (QED) is 0.802. The normalized spacial score (nSPS) is 16.3. The molecule has 8 heteroatoms. The van der Waals surface area contributed by atoms with E-state index in [4.69, 9.17) is 4.74 Å². The SMILES string of the molecule is Cc1nc(COc2cccc(C(=O)NC3CCCNC3)c2)cs1.Cl.Cl. The predicted molar refractivity (Wildman–Crippen MR) is 105 cm³/mol. The number of ether oxygens (including phenoxy) is 1. The number of rotatable bonds is 5. The number of hydrogen-bond donors (Lipinski definition) is 2. The fourth-order valence-corrected chi connectivity index (χ4v) is 3.20. The van der Waals surface area contributed by atoms with E-state index in [9.17, 15) is 4.79 Å². The molecule has 0 aliphatic carbocycles. The maximum absolute atomic E-state index is 12.3. The summed E-state index contributed by atoms with van der Waals surface area (Å²) < 4.78 is 5.74. The molecule has 0 saturated carbocycles. The molecule has 3 rings (SSSR count). The van der Waals surface area contributed by atoms with Crippen molar-refractivity contribution in [2.24, 2.45) is 0 Å². The van der Waals surface area contributed by atoms with Crippen molar-refractivity contribution < 1.29 is 9.53 Å². The lowest BCUT2D eigenvalue weighted by molar-refractivity contribution is 0.0930. The van der Waals surface area contributed by atoms with Gasteiger partial charge < -0.3 is 15.4 Å². The summed E-state index contributed by atoms with van der Waals surface area (Å²) in [5, 5.41) is 9.38. The van der Waals surface area contributed by atoms with E-state index in [1.165, 1.54) is 0 Å². The number of aryl methyl sites for hydroxylation is 1. The van der Waals surface area contributed by atoms with Crippen molar-refractivity contribution in [3.05, 3.63) is 45.9 Å². The molecule has 1 unspecified atom stereocenters. The molecule has 0 bridgehead atoms. The molecule has 0 spiro atoms. The lowest BCUT2D eigenvalue weighted by Gasteiger charge is -2.23. The molecular weight excluding hydrogens is 381 g/mol. The fraction of sp³-hybridized carbons (Fsp3) is 0.412. The number of thiazole rings is 1. The Morgan fingerprint density at radius 2 is 2.28 bits per heavy atom. The number of nitrogens with one attached hydrogen (secondary N) is 2. The molecule has 1 aromatic carbocycles. The second kappa shape index (κ2) is 10.6. The summed E-state index contributed by atoms with van der Waals surface area (Å²) in [6, 6.07) is 7.50. The van der Waals surface area contributed by atoms with E-state index < -0.39 is 0 Å². The summed E-state index contributed by atoms with van der Waals surface area (Å²) in [7, 11) is 0.